The largest absolute Gasteiger partial charge is 0.332 e. The molecule has 1 aromatic heterocycles. The van der Waals surface area contributed by atoms with Gasteiger partial charge in [0.25, 0.3) is 0 Å². The first-order valence-electron chi connectivity index (χ1n) is 5.39. The lowest BCUT2D eigenvalue weighted by Crippen LogP contribution is -2.19. The molecule has 92 valence electrons. The van der Waals surface area contributed by atoms with Crippen LogP contribution in [-0.4, -0.2) is 10.1 Å². The summed E-state index contributed by atoms with van der Waals surface area (Å²) in [5, 5.41) is 6.83. The van der Waals surface area contributed by atoms with E-state index >= 15 is 0 Å². The van der Waals surface area contributed by atoms with Gasteiger partial charge in [0.2, 0.25) is 0 Å². The molecule has 5 heteroatoms. The van der Waals surface area contributed by atoms with E-state index in [4.69, 9.17) is 12.2 Å². The van der Waals surface area contributed by atoms with Crippen molar-refractivity contribution in [2.45, 2.75) is 6.92 Å². The second-order valence-corrected chi connectivity index (χ2v) is 5.43. The van der Waals surface area contributed by atoms with E-state index in [0.717, 1.165) is 16.9 Å². The van der Waals surface area contributed by atoms with E-state index in [1.165, 1.54) is 3.57 Å². The van der Waals surface area contributed by atoms with Crippen LogP contribution in [0, 0.1) is 10.5 Å². The molecule has 3 nitrogen and oxygen atoms in total. The van der Waals surface area contributed by atoms with E-state index < -0.39 is 0 Å². The number of nitrogens with one attached hydrogen (secondary N) is 2. The minimum Gasteiger partial charge on any atom is -0.332 e. The number of halogens is 1. The maximum absolute atomic E-state index is 5.26. The Kier molecular flexibility index (Phi) is 4.48. The molecule has 0 saturated carbocycles. The summed E-state index contributed by atoms with van der Waals surface area (Å²) in [4.78, 5) is 4.02. The Bertz CT molecular complexity index is 557. The number of pyridine rings is 1. The van der Waals surface area contributed by atoms with Crippen LogP contribution < -0.4 is 10.6 Å². The molecular formula is C13H12IN3S. The first kappa shape index (κ1) is 13.2. The van der Waals surface area contributed by atoms with Crippen molar-refractivity contribution in [3.8, 4) is 0 Å². The lowest BCUT2D eigenvalue weighted by molar-refractivity contribution is 1.33. The maximum Gasteiger partial charge on any atom is 0.175 e. The zero-order chi connectivity index (χ0) is 13.0. The number of rotatable bonds is 2. The van der Waals surface area contributed by atoms with Gasteiger partial charge in [-0.25, -0.2) is 0 Å². The van der Waals surface area contributed by atoms with E-state index in [2.05, 4.69) is 51.2 Å². The van der Waals surface area contributed by atoms with Crippen LogP contribution in [0.1, 0.15) is 5.56 Å². The van der Waals surface area contributed by atoms with Gasteiger partial charge in [-0.1, -0.05) is 0 Å². The van der Waals surface area contributed by atoms with E-state index in [-0.39, 0.29) is 0 Å². The number of hydrogen-bond donors (Lipinski definition) is 2. The van der Waals surface area contributed by atoms with Crippen molar-refractivity contribution < 1.29 is 0 Å². The zero-order valence-corrected chi connectivity index (χ0v) is 12.7. The second kappa shape index (κ2) is 6.10. The average Bonchev–Trinajstić information content (AvgIpc) is 2.34. The molecule has 0 atom stereocenters. The summed E-state index contributed by atoms with van der Waals surface area (Å²) in [5.41, 5.74) is 3.05. The summed E-state index contributed by atoms with van der Waals surface area (Å²) < 4.78 is 1.21. The number of thiocarbonyl (C=S) groups is 1. The molecule has 0 saturated heterocycles. The van der Waals surface area contributed by atoms with Crippen LogP contribution in [0.4, 0.5) is 11.4 Å². The second-order valence-electron chi connectivity index (χ2n) is 3.78. The number of aryl methyl sites for hydroxylation is 1. The molecule has 0 aliphatic rings. The normalized spacial score (nSPS) is 9.89. The average molecular weight is 369 g/mol. The summed E-state index contributed by atoms with van der Waals surface area (Å²) in [6.07, 6.45) is 3.46. The molecule has 0 bridgehead atoms. The van der Waals surface area contributed by atoms with Crippen LogP contribution in [0.15, 0.2) is 42.7 Å². The van der Waals surface area contributed by atoms with E-state index in [1.54, 1.807) is 12.4 Å². The van der Waals surface area contributed by atoms with Crippen molar-refractivity contribution in [3.05, 3.63) is 51.9 Å². The van der Waals surface area contributed by atoms with Crippen LogP contribution >= 0.6 is 34.8 Å². The summed E-state index contributed by atoms with van der Waals surface area (Å²) in [5.74, 6) is 0. The number of nitrogens with zero attached hydrogens (tertiary/aromatic N) is 1. The highest BCUT2D eigenvalue weighted by Gasteiger charge is 2.02. The van der Waals surface area contributed by atoms with Gasteiger partial charge in [0, 0.05) is 15.5 Å². The first-order chi connectivity index (χ1) is 8.65. The number of benzene rings is 1. The molecule has 2 aromatic rings. The van der Waals surface area contributed by atoms with E-state index in [9.17, 15) is 0 Å². The van der Waals surface area contributed by atoms with Crippen molar-refractivity contribution in [1.82, 2.24) is 4.98 Å². The molecule has 0 unspecified atom stereocenters. The molecule has 0 spiro atoms. The van der Waals surface area contributed by atoms with Crippen LogP contribution in [0.5, 0.6) is 0 Å². The Morgan fingerprint density at radius 2 is 2.11 bits per heavy atom. The van der Waals surface area contributed by atoms with E-state index in [0.29, 0.717) is 5.11 Å². The first-order valence-corrected chi connectivity index (χ1v) is 6.88. The fourth-order valence-electron chi connectivity index (χ4n) is 1.49. The number of anilines is 2. The van der Waals surface area contributed by atoms with Gasteiger partial charge in [-0.3, -0.25) is 4.98 Å². The third-order valence-electron chi connectivity index (χ3n) is 2.36. The summed E-state index contributed by atoms with van der Waals surface area (Å²) in [7, 11) is 0. The highest BCUT2D eigenvalue weighted by molar-refractivity contribution is 14.1. The van der Waals surface area contributed by atoms with Crippen LogP contribution in [0.25, 0.3) is 0 Å². The van der Waals surface area contributed by atoms with Gasteiger partial charge in [-0.15, -0.1) is 0 Å². The van der Waals surface area contributed by atoms with Gasteiger partial charge in [0.1, 0.15) is 0 Å². The molecule has 18 heavy (non-hydrogen) atoms. The van der Waals surface area contributed by atoms with Crippen molar-refractivity contribution in [2.24, 2.45) is 0 Å². The maximum atomic E-state index is 5.26. The highest BCUT2D eigenvalue weighted by atomic mass is 127. The van der Waals surface area contributed by atoms with Gasteiger partial charge in [-0.05, 0) is 77.6 Å². The summed E-state index contributed by atoms with van der Waals surface area (Å²) in [6.45, 7) is 2.05. The molecule has 2 N–H and O–H groups in total. The molecule has 0 radical (unpaired) electrons. The van der Waals surface area contributed by atoms with Crippen LogP contribution in [0.3, 0.4) is 0 Å². The molecule has 2 rings (SSSR count). The van der Waals surface area contributed by atoms with Gasteiger partial charge < -0.3 is 10.6 Å². The molecule has 0 fully saturated rings. The lowest BCUT2D eigenvalue weighted by Gasteiger charge is -2.12. The Morgan fingerprint density at radius 3 is 2.78 bits per heavy atom. The van der Waals surface area contributed by atoms with Crippen LogP contribution in [0.2, 0.25) is 0 Å². The Balaban J connectivity index is 2.03. The molecule has 1 aromatic carbocycles. The third kappa shape index (κ3) is 3.64. The van der Waals surface area contributed by atoms with Gasteiger partial charge in [0.15, 0.2) is 5.11 Å². The fraction of sp³-hybridized carbons (Fsp3) is 0.0769. The Morgan fingerprint density at radius 1 is 1.28 bits per heavy atom. The quantitative estimate of drug-likeness (QED) is 0.624. The van der Waals surface area contributed by atoms with Crippen molar-refractivity contribution in [2.75, 3.05) is 10.6 Å². The predicted molar refractivity (Wildman–Crippen MR) is 88.0 cm³/mol. The fourth-order valence-corrected chi connectivity index (χ4v) is 2.36. The summed E-state index contributed by atoms with van der Waals surface area (Å²) >= 11 is 7.55. The Hall–Kier alpha value is -1.21. The van der Waals surface area contributed by atoms with Gasteiger partial charge in [0.05, 0.1) is 11.9 Å². The standard InChI is InChI=1S/C13H12IN3S/c1-9-7-10(14)4-5-12(9)17-13(18)16-11-3-2-6-15-8-11/h2-8H,1H3,(H2,16,17,18). The SMILES string of the molecule is Cc1cc(I)ccc1NC(=S)Nc1cccnc1. The molecule has 1 heterocycles. The Labute approximate surface area is 125 Å². The van der Waals surface area contributed by atoms with E-state index in [1.807, 2.05) is 24.3 Å². The zero-order valence-electron chi connectivity index (χ0n) is 9.77. The summed E-state index contributed by atoms with van der Waals surface area (Å²) in [6, 6.07) is 9.95. The molecule has 0 aliphatic carbocycles. The minimum absolute atomic E-state index is 0.562. The molecular weight excluding hydrogens is 357 g/mol. The lowest BCUT2D eigenvalue weighted by atomic mass is 10.2. The molecule has 0 aliphatic heterocycles. The number of aromatic nitrogens is 1. The minimum atomic E-state index is 0.562. The van der Waals surface area contributed by atoms with Crippen molar-refractivity contribution in [3.63, 3.8) is 0 Å². The van der Waals surface area contributed by atoms with Crippen molar-refractivity contribution >= 4 is 51.3 Å². The smallest absolute Gasteiger partial charge is 0.175 e. The van der Waals surface area contributed by atoms with Gasteiger partial charge in [-0.2, -0.15) is 0 Å². The van der Waals surface area contributed by atoms with Crippen LogP contribution in [-0.2, 0) is 0 Å². The van der Waals surface area contributed by atoms with Gasteiger partial charge >= 0.3 is 0 Å². The third-order valence-corrected chi connectivity index (χ3v) is 3.23. The highest BCUT2D eigenvalue weighted by Crippen LogP contribution is 2.18. The molecule has 0 amide bonds. The number of hydrogen-bond acceptors (Lipinski definition) is 2. The van der Waals surface area contributed by atoms with Crippen molar-refractivity contribution in [1.29, 1.82) is 0 Å². The predicted octanol–water partition coefficient (Wildman–Crippen LogP) is 3.80. The monoisotopic (exact) mass is 369 g/mol. The topological polar surface area (TPSA) is 37.0 Å².